The van der Waals surface area contributed by atoms with E-state index in [4.69, 9.17) is 0 Å². The highest BCUT2D eigenvalue weighted by atomic mass is 16.5. The van der Waals surface area contributed by atoms with Crippen LogP contribution in [0.2, 0.25) is 0 Å². The Bertz CT molecular complexity index is 409. The van der Waals surface area contributed by atoms with Gasteiger partial charge in [-0.15, -0.1) is 0 Å². The number of carbonyl (C=O) groups is 2. The molecule has 0 aromatic heterocycles. The number of hydrogen-bond acceptors (Lipinski definition) is 3. The first-order chi connectivity index (χ1) is 7.18. The molecule has 0 heterocycles. The lowest BCUT2D eigenvalue weighted by Crippen LogP contribution is -2.09. The highest BCUT2D eigenvalue weighted by Gasteiger charge is 1.98. The van der Waals surface area contributed by atoms with E-state index >= 15 is 0 Å². The fraction of sp³-hybridized carbons (Fsp3) is 0.167. The minimum Gasteiger partial charge on any atom is -0.457 e. The highest BCUT2D eigenvalue weighted by Crippen LogP contribution is 1.94. The van der Waals surface area contributed by atoms with E-state index in [-0.39, 0.29) is 6.61 Å². The molecule has 0 aliphatic carbocycles. The Morgan fingerprint density at radius 3 is 2.53 bits per heavy atom. The molecule has 3 heteroatoms. The Hall–Kier alpha value is -2.08. The summed E-state index contributed by atoms with van der Waals surface area (Å²) in [5.74, 6) is 4.18. The van der Waals surface area contributed by atoms with Crippen molar-refractivity contribution in [2.45, 2.75) is 6.92 Å². The van der Waals surface area contributed by atoms with Crippen LogP contribution in [-0.4, -0.2) is 18.4 Å². The normalized spacial score (nSPS) is 8.60. The molecule has 0 aliphatic rings. The number of esters is 1. The molecule has 0 N–H and O–H groups in total. The van der Waals surface area contributed by atoms with Gasteiger partial charge in [-0.2, -0.15) is 0 Å². The Labute approximate surface area is 88.1 Å². The van der Waals surface area contributed by atoms with Gasteiger partial charge in [0.1, 0.15) is 0 Å². The second-order valence-electron chi connectivity index (χ2n) is 2.82. The average molecular weight is 202 g/mol. The molecule has 0 fully saturated rings. The van der Waals surface area contributed by atoms with Crippen molar-refractivity contribution in [2.24, 2.45) is 0 Å². The van der Waals surface area contributed by atoms with Crippen LogP contribution in [-0.2, 0) is 14.3 Å². The average Bonchev–Trinajstić information content (AvgIpc) is 2.25. The van der Waals surface area contributed by atoms with Crippen LogP contribution in [0.5, 0.6) is 0 Å². The van der Waals surface area contributed by atoms with Crippen molar-refractivity contribution < 1.29 is 14.3 Å². The number of rotatable bonds is 2. The van der Waals surface area contributed by atoms with E-state index in [2.05, 4.69) is 16.6 Å². The third-order valence-electron chi connectivity index (χ3n) is 1.53. The van der Waals surface area contributed by atoms with Gasteiger partial charge in [-0.05, 0) is 18.1 Å². The van der Waals surface area contributed by atoms with Crippen molar-refractivity contribution >= 4 is 11.8 Å². The highest BCUT2D eigenvalue weighted by molar-refractivity contribution is 5.97. The van der Waals surface area contributed by atoms with Crippen LogP contribution in [0.1, 0.15) is 12.5 Å². The van der Waals surface area contributed by atoms with E-state index in [1.54, 1.807) is 12.1 Å². The summed E-state index contributed by atoms with van der Waals surface area (Å²) < 4.78 is 4.50. The maximum absolute atomic E-state index is 11.1. The Morgan fingerprint density at radius 1 is 1.27 bits per heavy atom. The standard InChI is InChI=1S/C12H10O3/c1-10(13)15-9-12(14)8-7-11-5-3-2-4-6-11/h2-6H,9H2,1H3. The quantitative estimate of drug-likeness (QED) is 0.534. The summed E-state index contributed by atoms with van der Waals surface area (Å²) in [6.45, 7) is 0.965. The molecule has 0 radical (unpaired) electrons. The summed E-state index contributed by atoms with van der Waals surface area (Å²) in [6, 6.07) is 9.13. The number of Topliss-reactive ketones (excluding diaryl/α,β-unsaturated/α-hetero) is 1. The largest absolute Gasteiger partial charge is 0.457 e. The summed E-state index contributed by atoms with van der Waals surface area (Å²) in [5.41, 5.74) is 0.758. The van der Waals surface area contributed by atoms with E-state index < -0.39 is 11.8 Å². The molecule has 76 valence electrons. The summed E-state index contributed by atoms with van der Waals surface area (Å²) in [6.07, 6.45) is 0. The Kier molecular flexibility index (Phi) is 4.11. The number of hydrogen-bond donors (Lipinski definition) is 0. The number of ketones is 1. The lowest BCUT2D eigenvalue weighted by molar-refractivity contribution is -0.144. The van der Waals surface area contributed by atoms with E-state index in [9.17, 15) is 9.59 Å². The van der Waals surface area contributed by atoms with Crippen LogP contribution in [0.3, 0.4) is 0 Å². The van der Waals surface area contributed by atoms with Crippen molar-refractivity contribution in [3.05, 3.63) is 35.9 Å². The zero-order valence-corrected chi connectivity index (χ0v) is 8.32. The molecule has 1 aromatic rings. The zero-order valence-electron chi connectivity index (χ0n) is 8.32. The molecule has 1 rings (SSSR count). The first kappa shape index (κ1) is 11.0. The number of carbonyl (C=O) groups excluding carboxylic acids is 2. The molecular weight excluding hydrogens is 192 g/mol. The van der Waals surface area contributed by atoms with Crippen molar-refractivity contribution in [2.75, 3.05) is 6.61 Å². The summed E-state index contributed by atoms with van der Waals surface area (Å²) >= 11 is 0. The molecule has 1 aromatic carbocycles. The minimum atomic E-state index is -0.482. The third kappa shape index (κ3) is 4.63. The lowest BCUT2D eigenvalue weighted by atomic mass is 10.2. The maximum atomic E-state index is 11.1. The molecule has 0 saturated heterocycles. The Morgan fingerprint density at radius 2 is 1.93 bits per heavy atom. The van der Waals surface area contributed by atoms with Gasteiger partial charge < -0.3 is 4.74 Å². The van der Waals surface area contributed by atoms with Gasteiger partial charge in [0.2, 0.25) is 5.78 Å². The molecule has 3 nitrogen and oxygen atoms in total. The van der Waals surface area contributed by atoms with Gasteiger partial charge in [0.15, 0.2) is 6.61 Å². The van der Waals surface area contributed by atoms with Crippen LogP contribution in [0.25, 0.3) is 0 Å². The van der Waals surface area contributed by atoms with Crippen LogP contribution in [0.15, 0.2) is 30.3 Å². The Balaban J connectivity index is 2.51. The van der Waals surface area contributed by atoms with Gasteiger partial charge in [-0.1, -0.05) is 24.1 Å². The van der Waals surface area contributed by atoms with Crippen LogP contribution >= 0.6 is 0 Å². The van der Waals surface area contributed by atoms with Crippen LogP contribution in [0.4, 0.5) is 0 Å². The molecule has 0 aliphatic heterocycles. The molecular formula is C12H10O3. The molecule has 0 amide bonds. The van der Waals surface area contributed by atoms with Crippen LogP contribution in [0, 0.1) is 11.8 Å². The van der Waals surface area contributed by atoms with Gasteiger partial charge in [0, 0.05) is 12.5 Å². The molecule has 15 heavy (non-hydrogen) atoms. The van der Waals surface area contributed by atoms with Crippen molar-refractivity contribution in [1.29, 1.82) is 0 Å². The van der Waals surface area contributed by atoms with Crippen LogP contribution < -0.4 is 0 Å². The van der Waals surface area contributed by atoms with Gasteiger partial charge >= 0.3 is 5.97 Å². The summed E-state index contributed by atoms with van der Waals surface area (Å²) in [4.78, 5) is 21.5. The van der Waals surface area contributed by atoms with Crippen molar-refractivity contribution in [3.8, 4) is 11.8 Å². The molecule has 0 spiro atoms. The number of benzene rings is 1. The fourth-order valence-electron chi connectivity index (χ4n) is 0.867. The lowest BCUT2D eigenvalue weighted by Gasteiger charge is -1.94. The topological polar surface area (TPSA) is 43.4 Å². The van der Waals surface area contributed by atoms with Crippen molar-refractivity contribution in [3.63, 3.8) is 0 Å². The van der Waals surface area contributed by atoms with Crippen molar-refractivity contribution in [1.82, 2.24) is 0 Å². The summed E-state index contributed by atoms with van der Waals surface area (Å²) in [5, 5.41) is 0. The number of ether oxygens (including phenoxy) is 1. The third-order valence-corrected chi connectivity index (χ3v) is 1.53. The predicted molar refractivity (Wildman–Crippen MR) is 55.0 cm³/mol. The second kappa shape index (κ2) is 5.61. The first-order valence-corrected chi connectivity index (χ1v) is 4.42. The zero-order chi connectivity index (χ0) is 11.1. The smallest absolute Gasteiger partial charge is 0.303 e. The molecule has 0 unspecified atom stereocenters. The fourth-order valence-corrected chi connectivity index (χ4v) is 0.867. The van der Waals surface area contributed by atoms with E-state index in [1.165, 1.54) is 6.92 Å². The first-order valence-electron chi connectivity index (χ1n) is 4.42. The van der Waals surface area contributed by atoms with Gasteiger partial charge in [-0.25, -0.2) is 0 Å². The van der Waals surface area contributed by atoms with E-state index in [1.807, 2.05) is 18.2 Å². The monoisotopic (exact) mass is 202 g/mol. The van der Waals surface area contributed by atoms with Gasteiger partial charge in [0.05, 0.1) is 0 Å². The van der Waals surface area contributed by atoms with Gasteiger partial charge in [0.25, 0.3) is 0 Å². The SMILES string of the molecule is CC(=O)OCC(=O)C#Cc1ccccc1. The second-order valence-corrected chi connectivity index (χ2v) is 2.82. The molecule has 0 bridgehead atoms. The molecule has 0 atom stereocenters. The molecule has 0 saturated carbocycles. The van der Waals surface area contributed by atoms with E-state index in [0.717, 1.165) is 5.56 Å². The maximum Gasteiger partial charge on any atom is 0.303 e. The minimum absolute atomic E-state index is 0.283. The van der Waals surface area contributed by atoms with E-state index in [0.29, 0.717) is 0 Å². The summed E-state index contributed by atoms with van der Waals surface area (Å²) in [7, 11) is 0. The predicted octanol–water partition coefficient (Wildman–Crippen LogP) is 1.17. The van der Waals surface area contributed by atoms with Gasteiger partial charge in [-0.3, -0.25) is 9.59 Å².